The van der Waals surface area contributed by atoms with Crippen molar-refractivity contribution in [2.45, 2.75) is 38.0 Å². The molecule has 1 aromatic heterocycles. The molecular weight excluding hydrogens is 503 g/mol. The normalized spacial score (nSPS) is 17.3. The maximum Gasteiger partial charge on any atom is 0.274 e. The van der Waals surface area contributed by atoms with Crippen LogP contribution >= 0.6 is 0 Å². The van der Waals surface area contributed by atoms with Crippen molar-refractivity contribution in [1.82, 2.24) is 21.1 Å². The quantitative estimate of drug-likeness (QED) is 0.325. The Hall–Kier alpha value is -3.68. The summed E-state index contributed by atoms with van der Waals surface area (Å²) in [4.78, 5) is 50.2. The van der Waals surface area contributed by atoms with Gasteiger partial charge >= 0.3 is 0 Å². The number of halogens is 1. The smallest absolute Gasteiger partial charge is 0.274 e. The molecule has 3 atom stereocenters. The molecule has 3 rings (SSSR count). The number of carbonyl (C=O) groups excluding carboxylic acids is 4. The number of ketones is 1. The first kappa shape index (κ1) is 30.5. The number of hydrogen-bond acceptors (Lipinski definition) is 9. The molecule has 3 N–H and O–H groups in total. The molecule has 1 aliphatic rings. The maximum atomic E-state index is 14.1. The Morgan fingerprint density at radius 2 is 1.79 bits per heavy atom. The van der Waals surface area contributed by atoms with Gasteiger partial charge in [0.2, 0.25) is 11.8 Å². The lowest BCUT2D eigenvalue weighted by Crippen LogP contribution is -2.53. The van der Waals surface area contributed by atoms with Crippen LogP contribution in [-0.4, -0.2) is 87.4 Å². The standard InChI is InChI=1S/C23H27FN4O7.C2H6O/c1-13-8-17(28-35-13)22(32)27-18(11-33-3)21(31)25-10-19(29)26-16(20(30)23(2)12-34-23)9-14-6-4-5-7-15(14)24;1-3-2/h4-8,16,18H,9-12H2,1-3H3,(H,25,31)(H,26,29)(H,27,32);1-2H3/t16-,18-,23+;/m0./s1. The van der Waals surface area contributed by atoms with Gasteiger partial charge < -0.3 is 34.7 Å². The second kappa shape index (κ2) is 14.3. The van der Waals surface area contributed by atoms with Crippen molar-refractivity contribution < 1.29 is 42.3 Å². The van der Waals surface area contributed by atoms with E-state index >= 15 is 0 Å². The van der Waals surface area contributed by atoms with Crippen LogP contribution in [0.2, 0.25) is 0 Å². The van der Waals surface area contributed by atoms with Gasteiger partial charge in [-0.05, 0) is 25.5 Å². The Bertz CT molecular complexity index is 1120. The van der Waals surface area contributed by atoms with Crippen LogP contribution in [0.1, 0.15) is 28.7 Å². The lowest BCUT2D eigenvalue weighted by atomic mass is 9.94. The number of carbonyl (C=O) groups is 4. The van der Waals surface area contributed by atoms with E-state index in [4.69, 9.17) is 14.0 Å². The van der Waals surface area contributed by atoms with E-state index in [1.54, 1.807) is 34.1 Å². The Morgan fingerprint density at radius 3 is 2.34 bits per heavy atom. The van der Waals surface area contributed by atoms with Gasteiger partial charge in [0.15, 0.2) is 11.5 Å². The number of amides is 3. The third kappa shape index (κ3) is 9.01. The number of aryl methyl sites for hydroxylation is 1. The number of epoxide rings is 1. The first-order chi connectivity index (χ1) is 18.0. The molecule has 1 fully saturated rings. The van der Waals surface area contributed by atoms with Gasteiger partial charge in [-0.3, -0.25) is 19.2 Å². The molecule has 0 aliphatic carbocycles. The minimum Gasteiger partial charge on any atom is -0.388 e. The van der Waals surface area contributed by atoms with E-state index in [-0.39, 0.29) is 30.9 Å². The maximum absolute atomic E-state index is 14.1. The average molecular weight is 537 g/mol. The monoisotopic (exact) mass is 536 g/mol. The molecule has 0 spiro atoms. The topological polar surface area (TPSA) is 161 Å². The van der Waals surface area contributed by atoms with Crippen LogP contribution in [0.25, 0.3) is 0 Å². The van der Waals surface area contributed by atoms with Crippen molar-refractivity contribution in [3.8, 4) is 0 Å². The number of nitrogens with one attached hydrogen (secondary N) is 3. The fraction of sp³-hybridized carbons (Fsp3) is 0.480. The molecule has 13 heteroatoms. The Labute approximate surface area is 219 Å². The molecule has 0 bridgehead atoms. The summed E-state index contributed by atoms with van der Waals surface area (Å²) in [7, 11) is 4.60. The largest absolute Gasteiger partial charge is 0.388 e. The van der Waals surface area contributed by atoms with Crippen LogP contribution in [0.3, 0.4) is 0 Å². The number of rotatable bonds is 12. The highest BCUT2D eigenvalue weighted by Crippen LogP contribution is 2.29. The Morgan fingerprint density at radius 1 is 1.13 bits per heavy atom. The van der Waals surface area contributed by atoms with Crippen molar-refractivity contribution in [2.75, 3.05) is 41.1 Å². The summed E-state index contributed by atoms with van der Waals surface area (Å²) in [5.41, 5.74) is -0.801. The molecular formula is C25H33FN4O8. The summed E-state index contributed by atoms with van der Waals surface area (Å²) >= 11 is 0. The zero-order chi connectivity index (χ0) is 28.3. The predicted octanol–water partition coefficient (Wildman–Crippen LogP) is 0.331. The molecule has 208 valence electrons. The molecule has 38 heavy (non-hydrogen) atoms. The minimum absolute atomic E-state index is 0.0144. The summed E-state index contributed by atoms with van der Waals surface area (Å²) in [6, 6.07) is 5.16. The lowest BCUT2D eigenvalue weighted by molar-refractivity contribution is -0.131. The molecule has 1 aliphatic heterocycles. The number of nitrogens with zero attached hydrogens (tertiary/aromatic N) is 1. The number of benzene rings is 1. The van der Waals surface area contributed by atoms with Gasteiger partial charge in [-0.2, -0.15) is 0 Å². The van der Waals surface area contributed by atoms with E-state index in [9.17, 15) is 23.6 Å². The fourth-order valence-electron chi connectivity index (χ4n) is 3.30. The number of hydrogen-bond donors (Lipinski definition) is 3. The summed E-state index contributed by atoms with van der Waals surface area (Å²) in [6.07, 6.45) is -0.0797. The van der Waals surface area contributed by atoms with Crippen molar-refractivity contribution in [3.63, 3.8) is 0 Å². The zero-order valence-corrected chi connectivity index (χ0v) is 22.0. The van der Waals surface area contributed by atoms with Gasteiger partial charge in [-0.1, -0.05) is 23.4 Å². The van der Waals surface area contributed by atoms with Gasteiger partial charge in [0.25, 0.3) is 5.91 Å². The minimum atomic E-state index is -1.12. The number of ether oxygens (including phenoxy) is 3. The van der Waals surface area contributed by atoms with E-state index in [1.165, 1.54) is 31.4 Å². The van der Waals surface area contributed by atoms with Crippen LogP contribution in [0.5, 0.6) is 0 Å². The van der Waals surface area contributed by atoms with E-state index < -0.39 is 53.6 Å². The lowest BCUT2D eigenvalue weighted by Gasteiger charge is -2.21. The van der Waals surface area contributed by atoms with Crippen molar-refractivity contribution >= 4 is 23.5 Å². The Balaban J connectivity index is 0.00000161. The summed E-state index contributed by atoms with van der Waals surface area (Å²) in [5.74, 6) is -2.50. The molecule has 0 saturated carbocycles. The van der Waals surface area contributed by atoms with Crippen molar-refractivity contribution in [1.29, 1.82) is 0 Å². The van der Waals surface area contributed by atoms with Crippen LogP contribution in [0.4, 0.5) is 4.39 Å². The highest BCUT2D eigenvalue weighted by Gasteiger charge is 2.50. The van der Waals surface area contributed by atoms with Crippen LogP contribution < -0.4 is 16.0 Å². The number of aromatic nitrogens is 1. The molecule has 1 saturated heterocycles. The third-order valence-corrected chi connectivity index (χ3v) is 5.37. The SMILES string of the molecule is COC.COC[C@H](NC(=O)c1cc(C)on1)C(=O)NCC(=O)N[C@@H](Cc1ccccc1F)C(=O)[C@@]1(C)CO1. The molecule has 2 heterocycles. The second-order valence-corrected chi connectivity index (χ2v) is 8.73. The molecule has 2 aromatic rings. The second-order valence-electron chi connectivity index (χ2n) is 8.73. The van der Waals surface area contributed by atoms with Gasteiger partial charge in [-0.25, -0.2) is 4.39 Å². The molecule has 3 amide bonds. The van der Waals surface area contributed by atoms with E-state index in [0.29, 0.717) is 5.76 Å². The van der Waals surface area contributed by atoms with Crippen molar-refractivity contribution in [3.05, 3.63) is 53.2 Å². The van der Waals surface area contributed by atoms with E-state index in [2.05, 4.69) is 25.8 Å². The fourth-order valence-corrected chi connectivity index (χ4v) is 3.30. The van der Waals surface area contributed by atoms with Gasteiger partial charge in [-0.15, -0.1) is 0 Å². The first-order valence-electron chi connectivity index (χ1n) is 11.7. The van der Waals surface area contributed by atoms with Crippen LogP contribution in [-0.2, 0) is 35.0 Å². The van der Waals surface area contributed by atoms with Gasteiger partial charge in [0.05, 0.1) is 25.8 Å². The number of methoxy groups -OCH3 is 2. The third-order valence-electron chi connectivity index (χ3n) is 5.37. The molecule has 1 aromatic carbocycles. The van der Waals surface area contributed by atoms with E-state index in [1.807, 2.05) is 0 Å². The highest BCUT2D eigenvalue weighted by atomic mass is 19.1. The first-order valence-corrected chi connectivity index (χ1v) is 11.7. The highest BCUT2D eigenvalue weighted by molar-refractivity contribution is 5.98. The summed E-state index contributed by atoms with van der Waals surface area (Å²) < 4.78 is 33.4. The predicted molar refractivity (Wildman–Crippen MR) is 132 cm³/mol. The van der Waals surface area contributed by atoms with Crippen molar-refractivity contribution in [2.24, 2.45) is 0 Å². The van der Waals surface area contributed by atoms with E-state index in [0.717, 1.165) is 0 Å². The molecule has 0 radical (unpaired) electrons. The molecule has 12 nitrogen and oxygen atoms in total. The van der Waals surface area contributed by atoms with Gasteiger partial charge in [0, 0.05) is 33.8 Å². The number of Topliss-reactive ketones (excluding diaryl/α,β-unsaturated/α-hetero) is 1. The van der Waals surface area contributed by atoms with Crippen LogP contribution in [0, 0.1) is 12.7 Å². The van der Waals surface area contributed by atoms with Crippen LogP contribution in [0.15, 0.2) is 34.9 Å². The molecule has 0 unspecified atom stereocenters. The summed E-state index contributed by atoms with van der Waals surface area (Å²) in [5, 5.41) is 11.0. The average Bonchev–Trinajstić information content (AvgIpc) is 3.48. The Kier molecular flexibility index (Phi) is 11.5. The summed E-state index contributed by atoms with van der Waals surface area (Å²) in [6.45, 7) is 2.75. The van der Waals surface area contributed by atoms with Gasteiger partial charge in [0.1, 0.15) is 23.2 Å². The zero-order valence-electron chi connectivity index (χ0n) is 22.0.